The molecule has 1 saturated heterocycles. The van der Waals surface area contributed by atoms with E-state index in [0.717, 1.165) is 23.6 Å². The minimum absolute atomic E-state index is 0.142. The number of piperidine rings is 1. The van der Waals surface area contributed by atoms with E-state index >= 15 is 0 Å². The molecule has 5 nitrogen and oxygen atoms in total. The van der Waals surface area contributed by atoms with Crippen molar-refractivity contribution in [2.45, 2.75) is 19.8 Å². The Morgan fingerprint density at radius 3 is 2.77 bits per heavy atom. The summed E-state index contributed by atoms with van der Waals surface area (Å²) in [6.07, 6.45) is 3.22. The number of rotatable bonds is 4. The van der Waals surface area contributed by atoms with E-state index in [0.29, 0.717) is 24.7 Å². The van der Waals surface area contributed by atoms with Crippen LogP contribution in [-0.2, 0) is 14.8 Å². The minimum atomic E-state index is -3.52. The standard InChI is InChI=1S/C15H21BrN2O3S/c1-12-5-4-8-17(10-12)15(19)11-18(22(2,20)21)14-7-3-6-13(16)9-14/h3,6-7,9,12H,4-5,8,10-11H2,1-2H3/t12-/m1/s1. The zero-order valence-electron chi connectivity index (χ0n) is 12.8. The highest BCUT2D eigenvalue weighted by atomic mass is 79.9. The van der Waals surface area contributed by atoms with Gasteiger partial charge in [-0.1, -0.05) is 28.9 Å². The van der Waals surface area contributed by atoms with Crippen molar-refractivity contribution in [3.05, 3.63) is 28.7 Å². The molecule has 122 valence electrons. The number of halogens is 1. The first kappa shape index (κ1) is 17.3. The molecule has 0 bridgehead atoms. The Balaban J connectivity index is 2.19. The third kappa shape index (κ3) is 4.46. The number of hydrogen-bond acceptors (Lipinski definition) is 3. The molecule has 22 heavy (non-hydrogen) atoms. The quantitative estimate of drug-likeness (QED) is 0.795. The number of carbonyl (C=O) groups is 1. The van der Waals surface area contributed by atoms with Crippen molar-refractivity contribution >= 4 is 37.5 Å². The van der Waals surface area contributed by atoms with Crippen LogP contribution in [0.2, 0.25) is 0 Å². The molecule has 1 fully saturated rings. The van der Waals surface area contributed by atoms with E-state index in [-0.39, 0.29) is 12.5 Å². The normalized spacial score (nSPS) is 19.0. The number of likely N-dealkylation sites (tertiary alicyclic amines) is 1. The lowest BCUT2D eigenvalue weighted by atomic mass is 10.0. The Bertz CT molecular complexity index is 648. The average Bonchev–Trinajstić information content (AvgIpc) is 2.43. The number of hydrogen-bond donors (Lipinski definition) is 0. The van der Waals surface area contributed by atoms with Crippen LogP contribution in [0.5, 0.6) is 0 Å². The molecule has 0 aliphatic carbocycles. The van der Waals surface area contributed by atoms with Gasteiger partial charge in [0, 0.05) is 17.6 Å². The number of benzene rings is 1. The monoisotopic (exact) mass is 388 g/mol. The molecule has 0 radical (unpaired) electrons. The Hall–Kier alpha value is -1.08. The number of anilines is 1. The van der Waals surface area contributed by atoms with Gasteiger partial charge < -0.3 is 4.90 Å². The highest BCUT2D eigenvalue weighted by molar-refractivity contribution is 9.10. The fraction of sp³-hybridized carbons (Fsp3) is 0.533. The van der Waals surface area contributed by atoms with E-state index in [1.807, 2.05) is 6.07 Å². The summed E-state index contributed by atoms with van der Waals surface area (Å²) >= 11 is 3.33. The summed E-state index contributed by atoms with van der Waals surface area (Å²) in [5, 5.41) is 0. The van der Waals surface area contributed by atoms with Gasteiger partial charge in [-0.3, -0.25) is 9.10 Å². The third-order valence-corrected chi connectivity index (χ3v) is 5.42. The van der Waals surface area contributed by atoms with E-state index in [1.165, 1.54) is 4.31 Å². The van der Waals surface area contributed by atoms with Gasteiger partial charge in [0.15, 0.2) is 0 Å². The summed E-state index contributed by atoms with van der Waals surface area (Å²) in [6, 6.07) is 6.97. The van der Waals surface area contributed by atoms with Gasteiger partial charge in [0.25, 0.3) is 0 Å². The highest BCUT2D eigenvalue weighted by Gasteiger charge is 2.26. The summed E-state index contributed by atoms with van der Waals surface area (Å²) in [5.41, 5.74) is 0.496. The van der Waals surface area contributed by atoms with Crippen LogP contribution in [0.4, 0.5) is 5.69 Å². The van der Waals surface area contributed by atoms with Crippen molar-refractivity contribution in [2.24, 2.45) is 5.92 Å². The van der Waals surface area contributed by atoms with Crippen molar-refractivity contribution in [1.82, 2.24) is 4.90 Å². The maximum absolute atomic E-state index is 12.5. The van der Waals surface area contributed by atoms with Crippen LogP contribution < -0.4 is 4.31 Å². The summed E-state index contributed by atoms with van der Waals surface area (Å²) in [6.45, 7) is 3.37. The second-order valence-corrected chi connectivity index (χ2v) is 8.66. The predicted octanol–water partition coefficient (Wildman–Crippen LogP) is 2.47. The van der Waals surface area contributed by atoms with Crippen molar-refractivity contribution in [3.8, 4) is 0 Å². The van der Waals surface area contributed by atoms with E-state index < -0.39 is 10.0 Å². The molecule has 0 N–H and O–H groups in total. The average molecular weight is 389 g/mol. The second-order valence-electron chi connectivity index (χ2n) is 5.84. The Labute approximate surface area is 140 Å². The van der Waals surface area contributed by atoms with Crippen LogP contribution in [0, 0.1) is 5.92 Å². The molecule has 1 aliphatic rings. The lowest BCUT2D eigenvalue weighted by Crippen LogP contribution is -2.46. The summed E-state index contributed by atoms with van der Waals surface area (Å²) < 4.78 is 26.1. The Kier molecular flexibility index (Phi) is 5.50. The first-order valence-corrected chi connectivity index (χ1v) is 9.92. The predicted molar refractivity (Wildman–Crippen MR) is 91.3 cm³/mol. The van der Waals surface area contributed by atoms with Gasteiger partial charge in [-0.25, -0.2) is 8.42 Å². The SMILES string of the molecule is C[C@@H]1CCCN(C(=O)CN(c2cccc(Br)c2)S(C)(=O)=O)C1. The topological polar surface area (TPSA) is 57.7 Å². The first-order valence-electron chi connectivity index (χ1n) is 7.28. The molecule has 1 aromatic carbocycles. The molecule has 0 saturated carbocycles. The zero-order chi connectivity index (χ0) is 16.3. The van der Waals surface area contributed by atoms with Gasteiger partial charge in [-0.05, 0) is 37.0 Å². The number of nitrogens with zero attached hydrogens (tertiary/aromatic N) is 2. The summed E-state index contributed by atoms with van der Waals surface area (Å²) in [7, 11) is -3.52. The highest BCUT2D eigenvalue weighted by Crippen LogP contribution is 2.23. The molecule has 0 spiro atoms. The van der Waals surface area contributed by atoms with Gasteiger partial charge >= 0.3 is 0 Å². The molecule has 1 atom stereocenters. The van der Waals surface area contributed by atoms with Gasteiger partial charge in [0.2, 0.25) is 15.9 Å². The van der Waals surface area contributed by atoms with Crippen LogP contribution in [0.15, 0.2) is 28.7 Å². The van der Waals surface area contributed by atoms with Crippen LogP contribution in [0.3, 0.4) is 0 Å². The molecular formula is C15H21BrN2O3S. The Morgan fingerprint density at radius 2 is 2.18 bits per heavy atom. The van der Waals surface area contributed by atoms with Gasteiger partial charge in [-0.15, -0.1) is 0 Å². The summed E-state index contributed by atoms with van der Waals surface area (Å²) in [4.78, 5) is 14.2. The maximum Gasteiger partial charge on any atom is 0.243 e. The number of amides is 1. The minimum Gasteiger partial charge on any atom is -0.341 e. The van der Waals surface area contributed by atoms with Crippen LogP contribution in [0.1, 0.15) is 19.8 Å². The number of carbonyl (C=O) groups excluding carboxylic acids is 1. The van der Waals surface area contributed by atoms with Crippen LogP contribution in [0.25, 0.3) is 0 Å². The molecule has 0 unspecified atom stereocenters. The lowest BCUT2D eigenvalue weighted by Gasteiger charge is -2.33. The zero-order valence-corrected chi connectivity index (χ0v) is 15.2. The number of sulfonamides is 1. The molecule has 1 heterocycles. The van der Waals surface area contributed by atoms with Gasteiger partial charge in [-0.2, -0.15) is 0 Å². The third-order valence-electron chi connectivity index (χ3n) is 3.79. The molecule has 1 amide bonds. The van der Waals surface area contributed by atoms with Crippen molar-refractivity contribution < 1.29 is 13.2 Å². The van der Waals surface area contributed by atoms with E-state index in [2.05, 4.69) is 22.9 Å². The van der Waals surface area contributed by atoms with E-state index in [4.69, 9.17) is 0 Å². The van der Waals surface area contributed by atoms with Crippen LogP contribution >= 0.6 is 15.9 Å². The van der Waals surface area contributed by atoms with Crippen molar-refractivity contribution in [2.75, 3.05) is 30.2 Å². The Morgan fingerprint density at radius 1 is 1.45 bits per heavy atom. The lowest BCUT2D eigenvalue weighted by molar-refractivity contribution is -0.131. The first-order chi connectivity index (χ1) is 10.3. The molecule has 1 aliphatic heterocycles. The van der Waals surface area contributed by atoms with E-state index in [9.17, 15) is 13.2 Å². The van der Waals surface area contributed by atoms with Crippen LogP contribution in [-0.4, -0.2) is 45.1 Å². The molecular weight excluding hydrogens is 368 g/mol. The second kappa shape index (κ2) is 7.00. The van der Waals surface area contributed by atoms with Gasteiger partial charge in [0.1, 0.15) is 6.54 Å². The summed E-state index contributed by atoms with van der Waals surface area (Å²) in [5.74, 6) is 0.326. The van der Waals surface area contributed by atoms with Crippen molar-refractivity contribution in [1.29, 1.82) is 0 Å². The molecule has 0 aromatic heterocycles. The smallest absolute Gasteiger partial charge is 0.243 e. The molecule has 7 heteroatoms. The fourth-order valence-electron chi connectivity index (χ4n) is 2.67. The largest absolute Gasteiger partial charge is 0.341 e. The molecule has 2 rings (SSSR count). The van der Waals surface area contributed by atoms with Gasteiger partial charge in [0.05, 0.1) is 11.9 Å². The maximum atomic E-state index is 12.5. The molecule has 1 aromatic rings. The van der Waals surface area contributed by atoms with E-state index in [1.54, 1.807) is 23.1 Å². The van der Waals surface area contributed by atoms with Crippen molar-refractivity contribution in [3.63, 3.8) is 0 Å². The fourth-order valence-corrected chi connectivity index (χ4v) is 3.90.